The molecule has 5 rings (SSSR count). The quantitative estimate of drug-likeness (QED) is 0.712. The van der Waals surface area contributed by atoms with Gasteiger partial charge in [0.1, 0.15) is 5.60 Å². The van der Waals surface area contributed by atoms with Crippen LogP contribution in [0, 0.1) is 6.92 Å². The first-order valence-corrected chi connectivity index (χ1v) is 9.57. The Morgan fingerprint density at radius 3 is 2.89 bits per heavy atom. The van der Waals surface area contributed by atoms with Gasteiger partial charge in [0.2, 0.25) is 11.7 Å². The number of rotatable bonds is 3. The van der Waals surface area contributed by atoms with Gasteiger partial charge in [0.05, 0.1) is 13.2 Å². The molecular formula is C22H23N3O2. The van der Waals surface area contributed by atoms with Gasteiger partial charge in [0.15, 0.2) is 0 Å². The number of hydrogen-bond donors (Lipinski definition) is 0. The molecule has 1 aliphatic carbocycles. The van der Waals surface area contributed by atoms with Crippen molar-refractivity contribution < 1.29 is 9.26 Å². The topological polar surface area (TPSA) is 51.4 Å². The average Bonchev–Trinajstić information content (AvgIpc) is 3.28. The molecule has 0 saturated carbocycles. The molecule has 3 aromatic rings. The van der Waals surface area contributed by atoms with Crippen LogP contribution in [0.25, 0.3) is 11.4 Å². The van der Waals surface area contributed by atoms with Crippen molar-refractivity contribution in [3.8, 4) is 11.4 Å². The fourth-order valence-electron chi connectivity index (χ4n) is 4.40. The fourth-order valence-corrected chi connectivity index (χ4v) is 4.40. The molecule has 0 N–H and O–H groups in total. The second kappa shape index (κ2) is 6.59. The van der Waals surface area contributed by atoms with Gasteiger partial charge in [-0.05, 0) is 36.5 Å². The second-order valence-electron chi connectivity index (χ2n) is 7.54. The van der Waals surface area contributed by atoms with Crippen LogP contribution in [0.3, 0.4) is 0 Å². The molecule has 138 valence electrons. The van der Waals surface area contributed by atoms with Gasteiger partial charge in [-0.15, -0.1) is 0 Å². The molecule has 1 aliphatic heterocycles. The van der Waals surface area contributed by atoms with Crippen molar-refractivity contribution >= 4 is 0 Å². The first kappa shape index (κ1) is 16.7. The van der Waals surface area contributed by atoms with Crippen LogP contribution in [-0.2, 0) is 23.3 Å². The summed E-state index contributed by atoms with van der Waals surface area (Å²) in [4.78, 5) is 7.01. The van der Waals surface area contributed by atoms with Crippen molar-refractivity contribution in [2.45, 2.75) is 31.9 Å². The molecule has 27 heavy (non-hydrogen) atoms. The summed E-state index contributed by atoms with van der Waals surface area (Å²) < 4.78 is 11.9. The molecular weight excluding hydrogens is 338 g/mol. The highest BCUT2D eigenvalue weighted by Gasteiger charge is 2.43. The van der Waals surface area contributed by atoms with Crippen LogP contribution in [0.1, 0.15) is 29.0 Å². The monoisotopic (exact) mass is 361 g/mol. The van der Waals surface area contributed by atoms with E-state index in [1.807, 2.05) is 18.2 Å². The van der Waals surface area contributed by atoms with Crippen LogP contribution in [0.15, 0.2) is 53.1 Å². The number of nitrogens with zero attached hydrogens (tertiary/aromatic N) is 3. The van der Waals surface area contributed by atoms with E-state index in [1.165, 1.54) is 11.1 Å². The van der Waals surface area contributed by atoms with E-state index in [1.54, 1.807) is 0 Å². The fraction of sp³-hybridized carbons (Fsp3) is 0.364. The van der Waals surface area contributed by atoms with Gasteiger partial charge in [-0.1, -0.05) is 53.7 Å². The van der Waals surface area contributed by atoms with E-state index in [0.29, 0.717) is 18.3 Å². The third kappa shape index (κ3) is 2.97. The molecule has 2 heterocycles. The number of morpholine rings is 1. The van der Waals surface area contributed by atoms with E-state index in [-0.39, 0.29) is 5.60 Å². The standard InChI is InChI=1S/C22H23N3O2/c1-16-6-2-4-8-18(16)21-23-20(27-24-21)14-25-12-13-26-22(15-25)11-10-17-7-3-5-9-19(17)22/h2-9H,10-15H2,1H3. The first-order chi connectivity index (χ1) is 13.2. The Morgan fingerprint density at radius 2 is 1.96 bits per heavy atom. The minimum atomic E-state index is -0.187. The zero-order valence-electron chi connectivity index (χ0n) is 15.5. The molecule has 1 atom stereocenters. The summed E-state index contributed by atoms with van der Waals surface area (Å²) >= 11 is 0. The molecule has 1 unspecified atom stereocenters. The van der Waals surface area contributed by atoms with Crippen LogP contribution in [-0.4, -0.2) is 34.7 Å². The Kier molecular flexibility index (Phi) is 4.06. The average molecular weight is 361 g/mol. The minimum absolute atomic E-state index is 0.187. The highest BCUT2D eigenvalue weighted by Crippen LogP contribution is 2.42. The van der Waals surface area contributed by atoms with E-state index >= 15 is 0 Å². The number of benzene rings is 2. The van der Waals surface area contributed by atoms with Gasteiger partial charge in [-0.3, -0.25) is 4.90 Å². The first-order valence-electron chi connectivity index (χ1n) is 9.57. The molecule has 0 bridgehead atoms. The van der Waals surface area contributed by atoms with Crippen LogP contribution in [0.5, 0.6) is 0 Å². The van der Waals surface area contributed by atoms with Gasteiger partial charge >= 0.3 is 0 Å². The largest absolute Gasteiger partial charge is 0.368 e. The number of fused-ring (bicyclic) bond motifs is 2. The predicted molar refractivity (Wildman–Crippen MR) is 102 cm³/mol. The summed E-state index contributed by atoms with van der Waals surface area (Å²) in [7, 11) is 0. The van der Waals surface area contributed by atoms with Crippen LogP contribution in [0.2, 0.25) is 0 Å². The summed E-state index contributed by atoms with van der Waals surface area (Å²) in [5.74, 6) is 1.33. The second-order valence-corrected chi connectivity index (χ2v) is 7.54. The summed E-state index contributed by atoms with van der Waals surface area (Å²) in [5, 5.41) is 4.19. The highest BCUT2D eigenvalue weighted by atomic mass is 16.5. The maximum atomic E-state index is 6.30. The number of ether oxygens (including phenoxy) is 1. The van der Waals surface area contributed by atoms with Crippen molar-refractivity contribution in [1.82, 2.24) is 15.0 Å². The molecule has 1 saturated heterocycles. The number of aromatic nitrogens is 2. The summed E-state index contributed by atoms with van der Waals surface area (Å²) in [6.45, 7) is 5.20. The smallest absolute Gasteiger partial charge is 0.241 e. The van der Waals surface area contributed by atoms with E-state index in [0.717, 1.165) is 43.7 Å². The molecule has 1 spiro atoms. The van der Waals surface area contributed by atoms with Crippen LogP contribution >= 0.6 is 0 Å². The Bertz CT molecular complexity index is 963. The van der Waals surface area contributed by atoms with Gasteiger partial charge < -0.3 is 9.26 Å². The minimum Gasteiger partial charge on any atom is -0.368 e. The Hall–Kier alpha value is -2.50. The van der Waals surface area contributed by atoms with E-state index < -0.39 is 0 Å². The zero-order chi connectivity index (χ0) is 18.3. The van der Waals surface area contributed by atoms with Crippen molar-refractivity contribution in [2.24, 2.45) is 0 Å². The van der Waals surface area contributed by atoms with Crippen molar-refractivity contribution in [2.75, 3.05) is 19.7 Å². The highest BCUT2D eigenvalue weighted by molar-refractivity contribution is 5.58. The Balaban J connectivity index is 1.35. The lowest BCUT2D eigenvalue weighted by Gasteiger charge is -2.40. The number of hydrogen-bond acceptors (Lipinski definition) is 5. The summed E-state index contributed by atoms with van der Waals surface area (Å²) in [6.07, 6.45) is 2.13. The molecule has 2 aliphatic rings. The van der Waals surface area contributed by atoms with E-state index in [4.69, 9.17) is 9.26 Å². The third-order valence-corrected chi connectivity index (χ3v) is 5.78. The lowest BCUT2D eigenvalue weighted by atomic mass is 9.93. The van der Waals surface area contributed by atoms with Gasteiger partial charge in [-0.2, -0.15) is 4.98 Å². The third-order valence-electron chi connectivity index (χ3n) is 5.78. The zero-order valence-corrected chi connectivity index (χ0v) is 15.5. The Morgan fingerprint density at radius 1 is 1.11 bits per heavy atom. The van der Waals surface area contributed by atoms with Gasteiger partial charge in [0.25, 0.3) is 0 Å². The normalized spacial score (nSPS) is 22.3. The molecule has 2 aromatic carbocycles. The maximum absolute atomic E-state index is 6.30. The van der Waals surface area contributed by atoms with Crippen molar-refractivity contribution in [3.63, 3.8) is 0 Å². The van der Waals surface area contributed by atoms with Crippen molar-refractivity contribution in [3.05, 3.63) is 71.1 Å². The lowest BCUT2D eigenvalue weighted by molar-refractivity contribution is -0.117. The van der Waals surface area contributed by atoms with Gasteiger partial charge in [0, 0.05) is 18.7 Å². The van der Waals surface area contributed by atoms with Crippen LogP contribution < -0.4 is 0 Å². The van der Waals surface area contributed by atoms with Crippen molar-refractivity contribution in [1.29, 1.82) is 0 Å². The molecule has 0 amide bonds. The predicted octanol–water partition coefficient (Wildman–Crippen LogP) is 3.72. The summed E-state index contributed by atoms with van der Waals surface area (Å²) in [5.41, 5.74) is 4.75. The molecule has 0 radical (unpaired) electrons. The van der Waals surface area contributed by atoms with Gasteiger partial charge in [-0.25, -0.2) is 0 Å². The Labute approximate surface area is 159 Å². The lowest BCUT2D eigenvalue weighted by Crippen LogP contribution is -2.48. The van der Waals surface area contributed by atoms with E-state index in [9.17, 15) is 0 Å². The number of aryl methyl sites for hydroxylation is 2. The molecule has 5 heteroatoms. The molecule has 1 fully saturated rings. The maximum Gasteiger partial charge on any atom is 0.241 e. The molecule has 1 aromatic heterocycles. The summed E-state index contributed by atoms with van der Waals surface area (Å²) in [6, 6.07) is 16.8. The van der Waals surface area contributed by atoms with Crippen LogP contribution in [0.4, 0.5) is 0 Å². The molecule has 5 nitrogen and oxygen atoms in total. The van der Waals surface area contributed by atoms with E-state index in [2.05, 4.69) is 52.3 Å². The SMILES string of the molecule is Cc1ccccc1-c1noc(CN2CCOC3(CCc4ccccc43)C2)n1.